The number of thiazole rings is 1. The molecule has 22 heavy (non-hydrogen) atoms. The number of carboxylic acids is 1. The maximum absolute atomic E-state index is 12.7. The van der Waals surface area contributed by atoms with Crippen molar-refractivity contribution in [3.63, 3.8) is 0 Å². The molecular weight excluding hydrogens is 324 g/mol. The van der Waals surface area contributed by atoms with E-state index < -0.39 is 16.0 Å². The number of hydrogen-bond donors (Lipinski definition) is 1. The molecule has 0 bridgehead atoms. The molecular formula is C14H16N2O4S2. The van der Waals surface area contributed by atoms with Crippen LogP contribution in [0.3, 0.4) is 0 Å². The predicted octanol–water partition coefficient (Wildman–Crippen LogP) is 2.09. The van der Waals surface area contributed by atoms with Crippen molar-refractivity contribution in [2.75, 3.05) is 13.1 Å². The van der Waals surface area contributed by atoms with Crippen LogP contribution in [-0.4, -0.2) is 41.9 Å². The molecule has 118 valence electrons. The normalized spacial score (nSPS) is 11.7. The number of likely N-dealkylation sites (N-methyl/N-ethyl adjacent to an activating group) is 1. The van der Waals surface area contributed by atoms with Crippen LogP contribution in [0.5, 0.6) is 0 Å². The summed E-state index contributed by atoms with van der Waals surface area (Å²) < 4.78 is 26.7. The van der Waals surface area contributed by atoms with Crippen LogP contribution in [0.15, 0.2) is 40.7 Å². The molecule has 0 saturated carbocycles. The SMILES string of the molecule is CCN(CCc1nccs1)S(=O)(=O)c1ccccc1C(=O)O. The van der Waals surface area contributed by atoms with Crippen LogP contribution >= 0.6 is 11.3 Å². The van der Waals surface area contributed by atoms with E-state index in [9.17, 15) is 18.3 Å². The van der Waals surface area contributed by atoms with Crippen molar-refractivity contribution in [2.45, 2.75) is 18.2 Å². The van der Waals surface area contributed by atoms with Gasteiger partial charge >= 0.3 is 5.97 Å². The smallest absolute Gasteiger partial charge is 0.337 e. The van der Waals surface area contributed by atoms with E-state index in [1.807, 2.05) is 5.38 Å². The second kappa shape index (κ2) is 6.99. The fraction of sp³-hybridized carbons (Fsp3) is 0.286. The molecule has 0 aliphatic heterocycles. The first-order valence-electron chi connectivity index (χ1n) is 6.67. The average Bonchev–Trinajstić information content (AvgIpc) is 3.01. The second-order valence-corrected chi connectivity index (χ2v) is 7.36. The van der Waals surface area contributed by atoms with Gasteiger partial charge in [0.15, 0.2) is 0 Å². The van der Waals surface area contributed by atoms with Gasteiger partial charge in [-0.25, -0.2) is 18.2 Å². The van der Waals surface area contributed by atoms with Crippen molar-refractivity contribution >= 4 is 27.3 Å². The highest BCUT2D eigenvalue weighted by atomic mass is 32.2. The van der Waals surface area contributed by atoms with Crippen molar-refractivity contribution in [2.24, 2.45) is 0 Å². The lowest BCUT2D eigenvalue weighted by atomic mass is 10.2. The predicted molar refractivity (Wildman–Crippen MR) is 83.7 cm³/mol. The Morgan fingerprint density at radius 3 is 2.68 bits per heavy atom. The van der Waals surface area contributed by atoms with Crippen LogP contribution in [0.2, 0.25) is 0 Å². The maximum atomic E-state index is 12.7. The fourth-order valence-electron chi connectivity index (χ4n) is 2.05. The van der Waals surface area contributed by atoms with E-state index in [-0.39, 0.29) is 23.5 Å². The second-order valence-electron chi connectivity index (χ2n) is 4.47. The van der Waals surface area contributed by atoms with Crippen molar-refractivity contribution < 1.29 is 18.3 Å². The molecule has 2 rings (SSSR count). The zero-order chi connectivity index (χ0) is 16.2. The standard InChI is InChI=1S/C14H16N2O4S2/c1-2-16(9-7-13-15-8-10-21-13)22(19,20)12-6-4-3-5-11(12)14(17)18/h3-6,8,10H,2,7,9H2,1H3,(H,17,18). The van der Waals surface area contributed by atoms with Gasteiger partial charge in [0.05, 0.1) is 15.5 Å². The van der Waals surface area contributed by atoms with Gasteiger partial charge in [-0.05, 0) is 12.1 Å². The molecule has 0 aliphatic rings. The van der Waals surface area contributed by atoms with Crippen molar-refractivity contribution in [3.05, 3.63) is 46.4 Å². The molecule has 1 heterocycles. The first-order chi connectivity index (χ1) is 10.5. The Morgan fingerprint density at radius 2 is 2.09 bits per heavy atom. The van der Waals surface area contributed by atoms with Gasteiger partial charge < -0.3 is 5.11 Å². The largest absolute Gasteiger partial charge is 0.478 e. The summed E-state index contributed by atoms with van der Waals surface area (Å²) in [5.74, 6) is -1.25. The third-order valence-corrected chi connectivity index (χ3v) is 6.02. The zero-order valence-corrected chi connectivity index (χ0v) is 13.6. The Hall–Kier alpha value is -1.77. The van der Waals surface area contributed by atoms with E-state index in [0.29, 0.717) is 6.42 Å². The lowest BCUT2D eigenvalue weighted by Gasteiger charge is -2.21. The van der Waals surface area contributed by atoms with Crippen LogP contribution < -0.4 is 0 Å². The topological polar surface area (TPSA) is 87.6 Å². The van der Waals surface area contributed by atoms with Crippen LogP contribution in [0.4, 0.5) is 0 Å². The van der Waals surface area contributed by atoms with Gasteiger partial charge in [-0.2, -0.15) is 4.31 Å². The first-order valence-corrected chi connectivity index (χ1v) is 8.99. The molecule has 0 radical (unpaired) electrons. The van der Waals surface area contributed by atoms with Gasteiger partial charge in [-0.15, -0.1) is 11.3 Å². The van der Waals surface area contributed by atoms with Crippen LogP contribution in [-0.2, 0) is 16.4 Å². The summed E-state index contributed by atoms with van der Waals surface area (Å²) in [4.78, 5) is 15.2. The van der Waals surface area contributed by atoms with Gasteiger partial charge in [0.1, 0.15) is 0 Å². The highest BCUT2D eigenvalue weighted by Gasteiger charge is 2.27. The highest BCUT2D eigenvalue weighted by molar-refractivity contribution is 7.89. The van der Waals surface area contributed by atoms with E-state index in [0.717, 1.165) is 5.01 Å². The van der Waals surface area contributed by atoms with Crippen LogP contribution in [0.25, 0.3) is 0 Å². The minimum absolute atomic E-state index is 0.177. The van der Waals surface area contributed by atoms with Gasteiger partial charge in [-0.3, -0.25) is 0 Å². The molecule has 1 aromatic heterocycles. The van der Waals surface area contributed by atoms with Gasteiger partial charge in [0, 0.05) is 31.1 Å². The Morgan fingerprint density at radius 1 is 1.36 bits per heavy atom. The molecule has 0 unspecified atom stereocenters. The number of carboxylic acid groups (broad SMARTS) is 1. The monoisotopic (exact) mass is 340 g/mol. The number of rotatable bonds is 7. The molecule has 0 amide bonds. The Balaban J connectivity index is 2.29. The number of sulfonamides is 1. The van der Waals surface area contributed by atoms with Crippen molar-refractivity contribution in [3.8, 4) is 0 Å². The van der Waals surface area contributed by atoms with Gasteiger partial charge in [0.25, 0.3) is 0 Å². The van der Waals surface area contributed by atoms with E-state index in [4.69, 9.17) is 0 Å². The van der Waals surface area contributed by atoms with Gasteiger partial charge in [-0.1, -0.05) is 19.1 Å². The molecule has 1 N–H and O–H groups in total. The number of hydrogen-bond acceptors (Lipinski definition) is 5. The van der Waals surface area contributed by atoms with Crippen molar-refractivity contribution in [1.82, 2.24) is 9.29 Å². The number of aromatic nitrogens is 1. The van der Waals surface area contributed by atoms with Gasteiger partial charge in [0.2, 0.25) is 10.0 Å². The lowest BCUT2D eigenvalue weighted by molar-refractivity contribution is 0.0692. The third-order valence-electron chi connectivity index (χ3n) is 3.15. The molecule has 0 aliphatic carbocycles. The summed E-state index contributed by atoms with van der Waals surface area (Å²) in [5.41, 5.74) is -0.213. The molecule has 2 aromatic rings. The summed E-state index contributed by atoms with van der Waals surface area (Å²) >= 11 is 1.46. The summed E-state index contributed by atoms with van der Waals surface area (Å²) in [7, 11) is -3.85. The molecule has 0 spiro atoms. The first kappa shape index (κ1) is 16.6. The molecule has 0 atom stereocenters. The highest BCUT2D eigenvalue weighted by Crippen LogP contribution is 2.21. The van der Waals surface area contributed by atoms with Crippen molar-refractivity contribution in [1.29, 1.82) is 0 Å². The number of carbonyl (C=O) groups is 1. The molecule has 8 heteroatoms. The summed E-state index contributed by atoms with van der Waals surface area (Å²) in [6, 6.07) is 5.65. The average molecular weight is 340 g/mol. The zero-order valence-electron chi connectivity index (χ0n) is 12.0. The van der Waals surface area contributed by atoms with Crippen LogP contribution in [0.1, 0.15) is 22.3 Å². The summed E-state index contributed by atoms with van der Waals surface area (Å²) in [5, 5.41) is 11.9. The number of aromatic carboxylic acids is 1. The number of benzene rings is 1. The van der Waals surface area contributed by atoms with E-state index >= 15 is 0 Å². The molecule has 6 nitrogen and oxygen atoms in total. The van der Waals surface area contributed by atoms with E-state index in [1.54, 1.807) is 13.1 Å². The summed E-state index contributed by atoms with van der Waals surface area (Å²) in [6.07, 6.45) is 2.17. The quantitative estimate of drug-likeness (QED) is 0.834. The Kier molecular flexibility index (Phi) is 5.28. The molecule has 0 fully saturated rings. The minimum atomic E-state index is -3.85. The molecule has 0 saturated heterocycles. The Labute approximate surface area is 133 Å². The fourth-order valence-corrected chi connectivity index (χ4v) is 4.30. The molecule has 1 aromatic carbocycles. The lowest BCUT2D eigenvalue weighted by Crippen LogP contribution is -2.33. The van der Waals surface area contributed by atoms with Crippen LogP contribution in [0, 0.1) is 0 Å². The number of nitrogens with zero attached hydrogens (tertiary/aromatic N) is 2. The minimum Gasteiger partial charge on any atom is -0.478 e. The third kappa shape index (κ3) is 3.52. The summed E-state index contributed by atoms with van der Waals surface area (Å²) in [6.45, 7) is 2.25. The van der Waals surface area contributed by atoms with E-state index in [2.05, 4.69) is 4.98 Å². The Bertz CT molecular complexity index is 742. The maximum Gasteiger partial charge on any atom is 0.337 e. The van der Waals surface area contributed by atoms with E-state index in [1.165, 1.54) is 39.9 Å².